The Kier molecular flexibility index (Phi) is 6.38. The van der Waals surface area contributed by atoms with E-state index in [2.05, 4.69) is 25.8 Å². The summed E-state index contributed by atoms with van der Waals surface area (Å²) in [5.74, 6) is -4.20. The van der Waals surface area contributed by atoms with Gasteiger partial charge in [0.2, 0.25) is 11.8 Å². The number of halogens is 2. The largest absolute Gasteiger partial charge is 0.423 e. The van der Waals surface area contributed by atoms with Gasteiger partial charge in [0.05, 0.1) is 29.7 Å². The van der Waals surface area contributed by atoms with Gasteiger partial charge in [0.25, 0.3) is 17.7 Å². The number of likely N-dealkylation sites (tertiary alicyclic amines) is 1. The molecular weight excluding hydrogens is 594 g/mol. The zero-order chi connectivity index (χ0) is 30.0. The van der Waals surface area contributed by atoms with E-state index in [0.29, 0.717) is 21.3 Å². The maximum atomic E-state index is 13.2. The summed E-state index contributed by atoms with van der Waals surface area (Å²) in [7, 11) is -3.85. The Balaban J connectivity index is 1.28. The van der Waals surface area contributed by atoms with Gasteiger partial charge < -0.3 is 14.6 Å². The van der Waals surface area contributed by atoms with Gasteiger partial charge in [-0.15, -0.1) is 21.5 Å². The minimum absolute atomic E-state index is 0.0433. The van der Waals surface area contributed by atoms with Crippen molar-refractivity contribution >= 4 is 49.2 Å². The molecular formula is C26H22F2N6O6S2. The maximum Gasteiger partial charge on any atom is 0.322 e. The summed E-state index contributed by atoms with van der Waals surface area (Å²) < 4.78 is 58.5. The van der Waals surface area contributed by atoms with Gasteiger partial charge in [-0.1, -0.05) is 18.2 Å². The number of sulfone groups is 1. The van der Waals surface area contributed by atoms with Crippen LogP contribution in [0.5, 0.6) is 0 Å². The van der Waals surface area contributed by atoms with E-state index in [1.807, 2.05) is 0 Å². The standard InChI is InChI=1S/C26H22F2N6O6S2/c1-25(23(36)30-24(37)31-25)10-18-32-33-20(40-18)19(42(2,38)39)21-29-16-7-6-14(9-17(16)41-21)13-4-3-5-15(8-13)22(35)34-11-26(27,28)12-34/h3-9,19H,10-12H2,1-2H3,(H2,30,31,36,37). The fourth-order valence-electron chi connectivity index (χ4n) is 4.83. The lowest BCUT2D eigenvalue weighted by Gasteiger charge is -2.38. The van der Waals surface area contributed by atoms with E-state index in [0.717, 1.165) is 22.5 Å². The number of urea groups is 1. The summed E-state index contributed by atoms with van der Waals surface area (Å²) in [5.41, 5.74) is 0.835. The quantitative estimate of drug-likeness (QED) is 0.297. The van der Waals surface area contributed by atoms with Crippen molar-refractivity contribution in [1.29, 1.82) is 0 Å². The highest BCUT2D eigenvalue weighted by Gasteiger charge is 2.46. The molecule has 2 aliphatic heterocycles. The van der Waals surface area contributed by atoms with Crippen molar-refractivity contribution in [3.05, 3.63) is 64.8 Å². The van der Waals surface area contributed by atoms with Crippen LogP contribution in [0.25, 0.3) is 21.3 Å². The lowest BCUT2D eigenvalue weighted by Crippen LogP contribution is -2.58. The number of carbonyl (C=O) groups is 3. The molecule has 0 bridgehead atoms. The average molecular weight is 617 g/mol. The monoisotopic (exact) mass is 616 g/mol. The summed E-state index contributed by atoms with van der Waals surface area (Å²) in [6.07, 6.45) is 0.862. The predicted octanol–water partition coefficient (Wildman–Crippen LogP) is 2.71. The summed E-state index contributed by atoms with van der Waals surface area (Å²) in [5, 5.41) is 11.2. The van der Waals surface area contributed by atoms with Crippen molar-refractivity contribution in [1.82, 2.24) is 30.7 Å². The molecule has 0 saturated carbocycles. The summed E-state index contributed by atoms with van der Waals surface area (Å²) in [4.78, 5) is 41.9. The Morgan fingerprint density at radius 3 is 2.55 bits per heavy atom. The summed E-state index contributed by atoms with van der Waals surface area (Å²) in [6.45, 7) is 0.255. The number of amides is 4. The van der Waals surface area contributed by atoms with Gasteiger partial charge >= 0.3 is 6.03 Å². The van der Waals surface area contributed by atoms with E-state index in [-0.39, 0.29) is 28.8 Å². The number of fused-ring (bicyclic) bond motifs is 1. The second kappa shape index (κ2) is 9.62. The highest BCUT2D eigenvalue weighted by molar-refractivity contribution is 7.91. The van der Waals surface area contributed by atoms with Gasteiger partial charge in [-0.25, -0.2) is 27.0 Å². The fraction of sp³-hybridized carbons (Fsp3) is 0.308. The van der Waals surface area contributed by atoms with Gasteiger partial charge in [-0.05, 0) is 42.3 Å². The topological polar surface area (TPSA) is 164 Å². The van der Waals surface area contributed by atoms with Crippen LogP contribution in [0.1, 0.15) is 39.3 Å². The maximum absolute atomic E-state index is 13.2. The molecule has 2 aromatic heterocycles. The molecule has 4 amide bonds. The molecule has 4 aromatic rings. The molecule has 16 heteroatoms. The predicted molar refractivity (Wildman–Crippen MR) is 146 cm³/mol. The molecule has 2 unspecified atom stereocenters. The lowest BCUT2D eigenvalue weighted by atomic mass is 9.98. The normalized spacial score (nSPS) is 20.7. The van der Waals surface area contributed by atoms with Gasteiger partial charge in [0.1, 0.15) is 10.5 Å². The molecule has 2 saturated heterocycles. The fourth-order valence-corrected chi connectivity index (χ4v) is 7.36. The first-order valence-corrected chi connectivity index (χ1v) is 15.3. The second-order valence-corrected chi connectivity index (χ2v) is 13.7. The molecule has 218 valence electrons. The average Bonchev–Trinajstić information content (AvgIpc) is 3.58. The van der Waals surface area contributed by atoms with E-state index >= 15 is 0 Å². The molecule has 12 nitrogen and oxygen atoms in total. The number of hydrogen-bond acceptors (Lipinski definition) is 10. The first-order valence-electron chi connectivity index (χ1n) is 12.5. The highest BCUT2D eigenvalue weighted by Crippen LogP contribution is 2.37. The van der Waals surface area contributed by atoms with Crippen LogP contribution < -0.4 is 10.6 Å². The van der Waals surface area contributed by atoms with E-state index < -0.39 is 57.5 Å². The van der Waals surface area contributed by atoms with E-state index in [4.69, 9.17) is 4.42 Å². The number of benzene rings is 2. The van der Waals surface area contributed by atoms with Crippen LogP contribution in [0.4, 0.5) is 13.6 Å². The van der Waals surface area contributed by atoms with Crippen molar-refractivity contribution in [2.45, 2.75) is 30.1 Å². The van der Waals surface area contributed by atoms with Crippen LogP contribution in [-0.4, -0.2) is 77.2 Å². The number of thiazole rings is 1. The second-order valence-electron chi connectivity index (χ2n) is 10.5. The number of hydrogen-bond donors (Lipinski definition) is 2. The van der Waals surface area contributed by atoms with Gasteiger partial charge in [0, 0.05) is 11.8 Å². The first-order chi connectivity index (χ1) is 19.7. The van der Waals surface area contributed by atoms with E-state index in [1.54, 1.807) is 42.5 Å². The molecule has 2 atom stereocenters. The Hall–Kier alpha value is -4.31. The van der Waals surface area contributed by atoms with Crippen LogP contribution in [0, 0.1) is 0 Å². The molecule has 0 aliphatic carbocycles. The molecule has 42 heavy (non-hydrogen) atoms. The molecule has 0 radical (unpaired) electrons. The number of alkyl halides is 2. The SMILES string of the molecule is CC1(Cc2nnc(C(c3nc4ccc(-c5cccc(C(=O)N6CC(F)(F)C6)c5)cc4s3)S(C)(=O)=O)o2)NC(=O)NC1=O. The van der Waals surface area contributed by atoms with Crippen LogP contribution in [0.15, 0.2) is 46.9 Å². The van der Waals surface area contributed by atoms with Crippen LogP contribution in [-0.2, 0) is 21.1 Å². The van der Waals surface area contributed by atoms with E-state index in [1.165, 1.54) is 6.92 Å². The molecule has 2 aromatic carbocycles. The smallest absolute Gasteiger partial charge is 0.322 e. The molecule has 2 N–H and O–H groups in total. The Morgan fingerprint density at radius 2 is 1.88 bits per heavy atom. The summed E-state index contributed by atoms with van der Waals surface area (Å²) >= 11 is 1.11. The number of rotatable bonds is 7. The van der Waals surface area contributed by atoms with Crippen molar-refractivity contribution in [2.24, 2.45) is 0 Å². The molecule has 6 rings (SSSR count). The van der Waals surface area contributed by atoms with Crippen molar-refractivity contribution in [3.8, 4) is 11.1 Å². The number of carbonyl (C=O) groups excluding carboxylic acids is 3. The minimum Gasteiger partial charge on any atom is -0.423 e. The van der Waals surface area contributed by atoms with Crippen molar-refractivity contribution in [3.63, 3.8) is 0 Å². The molecule has 2 fully saturated rings. The Bertz CT molecular complexity index is 1880. The van der Waals surface area contributed by atoms with Gasteiger partial charge in [-0.2, -0.15) is 0 Å². The van der Waals surface area contributed by atoms with Gasteiger partial charge in [0.15, 0.2) is 15.1 Å². The van der Waals surface area contributed by atoms with Crippen molar-refractivity contribution in [2.75, 3.05) is 19.3 Å². The molecule has 2 aliphatic rings. The van der Waals surface area contributed by atoms with Crippen LogP contribution >= 0.6 is 11.3 Å². The zero-order valence-electron chi connectivity index (χ0n) is 22.1. The molecule has 0 spiro atoms. The van der Waals surface area contributed by atoms with Crippen LogP contribution in [0.2, 0.25) is 0 Å². The van der Waals surface area contributed by atoms with Crippen molar-refractivity contribution < 1.29 is 36.0 Å². The number of imide groups is 1. The third-order valence-corrected chi connectivity index (χ3v) is 9.47. The number of nitrogens with one attached hydrogen (secondary N) is 2. The Morgan fingerprint density at radius 1 is 1.14 bits per heavy atom. The van der Waals surface area contributed by atoms with Gasteiger partial charge in [-0.3, -0.25) is 14.9 Å². The zero-order valence-corrected chi connectivity index (χ0v) is 23.7. The lowest BCUT2D eigenvalue weighted by molar-refractivity contribution is -0.123. The highest BCUT2D eigenvalue weighted by atomic mass is 32.2. The third-order valence-electron chi connectivity index (χ3n) is 6.96. The first kappa shape index (κ1) is 27.8. The van der Waals surface area contributed by atoms with Crippen LogP contribution in [0.3, 0.4) is 0 Å². The summed E-state index contributed by atoms with van der Waals surface area (Å²) in [6, 6.07) is 11.2. The Labute approximate surface area is 241 Å². The number of nitrogens with zero attached hydrogens (tertiary/aromatic N) is 4. The van der Waals surface area contributed by atoms with E-state index in [9.17, 15) is 31.6 Å². The minimum atomic E-state index is -3.85. The molecule has 4 heterocycles. The number of aromatic nitrogens is 3. The third kappa shape index (κ3) is 5.11.